The van der Waals surface area contributed by atoms with Crippen LogP contribution in [0.1, 0.15) is 11.1 Å². The van der Waals surface area contributed by atoms with E-state index in [1.165, 1.54) is 12.1 Å². The zero-order valence-electron chi connectivity index (χ0n) is 15.0. The van der Waals surface area contributed by atoms with Gasteiger partial charge in [-0.25, -0.2) is 18.2 Å². The molecule has 3 rings (SSSR count). The third-order valence-electron chi connectivity index (χ3n) is 4.38. The van der Waals surface area contributed by atoms with Crippen molar-refractivity contribution in [1.29, 1.82) is 0 Å². The lowest BCUT2D eigenvalue weighted by Crippen LogP contribution is -2.46. The third kappa shape index (κ3) is 4.79. The predicted molar refractivity (Wildman–Crippen MR) is 105 cm³/mol. The molecule has 0 spiro atoms. The average molecular weight is 427 g/mol. The normalized spacial score (nSPS) is 19.4. The second kappa shape index (κ2) is 8.44. The van der Waals surface area contributed by atoms with Crippen molar-refractivity contribution in [2.45, 2.75) is 18.8 Å². The first kappa shape index (κ1) is 20.5. The number of hydrogen-bond acceptors (Lipinski definition) is 5. The van der Waals surface area contributed by atoms with Crippen LogP contribution in [0.5, 0.6) is 0 Å². The molecule has 1 aliphatic rings. The Kier molecular flexibility index (Phi) is 6.19. The summed E-state index contributed by atoms with van der Waals surface area (Å²) in [6, 6.07) is 10.7. The molecule has 0 bridgehead atoms. The van der Waals surface area contributed by atoms with Crippen LogP contribution >= 0.6 is 11.6 Å². The Morgan fingerprint density at radius 3 is 2.64 bits per heavy atom. The quantitative estimate of drug-likeness (QED) is 0.565. The minimum absolute atomic E-state index is 0.0621. The Morgan fingerprint density at radius 1 is 1.25 bits per heavy atom. The van der Waals surface area contributed by atoms with Crippen LogP contribution in [0.2, 0.25) is 5.02 Å². The number of hydrazine groups is 1. The van der Waals surface area contributed by atoms with Gasteiger partial charge in [0.2, 0.25) is 5.91 Å². The van der Waals surface area contributed by atoms with Crippen molar-refractivity contribution < 1.29 is 17.6 Å². The first-order chi connectivity index (χ1) is 13.3. The summed E-state index contributed by atoms with van der Waals surface area (Å²) in [6.45, 7) is 2.10. The molecule has 1 fully saturated rings. The first-order valence-electron chi connectivity index (χ1n) is 8.54. The van der Waals surface area contributed by atoms with Gasteiger partial charge in [0, 0.05) is 23.8 Å². The fourth-order valence-corrected chi connectivity index (χ4v) is 4.55. The summed E-state index contributed by atoms with van der Waals surface area (Å²) in [7, 11) is -3.88. The van der Waals surface area contributed by atoms with Gasteiger partial charge in [0.25, 0.3) is 10.0 Å². The molecule has 0 aliphatic carbocycles. The average Bonchev–Trinajstić information content (AvgIpc) is 3.13. The second-order valence-corrected chi connectivity index (χ2v) is 8.73. The van der Waals surface area contributed by atoms with Crippen molar-refractivity contribution in [3.63, 3.8) is 0 Å². The van der Waals surface area contributed by atoms with E-state index in [1.54, 1.807) is 24.3 Å². The molecule has 4 N–H and O–H groups in total. The second-order valence-electron chi connectivity index (χ2n) is 6.52. The van der Waals surface area contributed by atoms with Crippen LogP contribution in [0.4, 0.5) is 10.1 Å². The van der Waals surface area contributed by atoms with E-state index in [2.05, 4.69) is 20.9 Å². The Bertz CT molecular complexity index is 969. The van der Waals surface area contributed by atoms with Gasteiger partial charge in [-0.15, -0.1) is 0 Å². The topological polar surface area (TPSA) is 99.3 Å². The summed E-state index contributed by atoms with van der Waals surface area (Å²) in [5, 5.41) is 1.69. The monoisotopic (exact) mass is 426 g/mol. The minimum Gasteiger partial charge on any atom is -0.352 e. The minimum atomic E-state index is -3.88. The van der Waals surface area contributed by atoms with Crippen molar-refractivity contribution in [3.05, 3.63) is 64.4 Å². The molecule has 0 radical (unpaired) electrons. The van der Waals surface area contributed by atoms with Crippen LogP contribution < -0.4 is 20.9 Å². The summed E-state index contributed by atoms with van der Waals surface area (Å²) in [6.07, 6.45) is 0. The Balaban J connectivity index is 1.67. The smallest absolute Gasteiger partial charge is 0.250 e. The molecular weight excluding hydrogens is 407 g/mol. The molecule has 2 unspecified atom stereocenters. The summed E-state index contributed by atoms with van der Waals surface area (Å²) in [4.78, 5) is 12.6. The summed E-state index contributed by atoms with van der Waals surface area (Å²) >= 11 is 5.95. The molecule has 150 valence electrons. The Morgan fingerprint density at radius 2 is 1.96 bits per heavy atom. The number of carbonyl (C=O) groups is 1. The van der Waals surface area contributed by atoms with Gasteiger partial charge in [-0.3, -0.25) is 14.9 Å². The number of amides is 1. The fraction of sp³-hybridized carbons (Fsp3) is 0.278. The maximum absolute atomic E-state index is 13.1. The van der Waals surface area contributed by atoms with Crippen molar-refractivity contribution in [1.82, 2.24) is 16.2 Å². The zero-order chi connectivity index (χ0) is 20.3. The van der Waals surface area contributed by atoms with Gasteiger partial charge in [0.05, 0.1) is 5.92 Å². The summed E-state index contributed by atoms with van der Waals surface area (Å²) < 4.78 is 41.0. The van der Waals surface area contributed by atoms with Crippen LogP contribution in [0.25, 0.3) is 0 Å². The summed E-state index contributed by atoms with van der Waals surface area (Å²) in [5.41, 5.74) is 7.30. The van der Waals surface area contributed by atoms with Crippen LogP contribution in [0.3, 0.4) is 0 Å². The Labute approximate surface area is 167 Å². The highest BCUT2D eigenvalue weighted by Gasteiger charge is 2.41. The summed E-state index contributed by atoms with van der Waals surface area (Å²) in [5.74, 6) is -1.79. The van der Waals surface area contributed by atoms with E-state index >= 15 is 0 Å². The molecule has 1 heterocycles. The lowest BCUT2D eigenvalue weighted by Gasteiger charge is -2.19. The van der Waals surface area contributed by atoms with Crippen LogP contribution in [0.15, 0.2) is 42.5 Å². The highest BCUT2D eigenvalue weighted by Crippen LogP contribution is 2.20. The number of rotatable bonds is 6. The van der Waals surface area contributed by atoms with E-state index in [0.29, 0.717) is 11.3 Å². The van der Waals surface area contributed by atoms with E-state index in [1.807, 2.05) is 6.92 Å². The largest absolute Gasteiger partial charge is 0.352 e. The van der Waals surface area contributed by atoms with Crippen LogP contribution in [-0.2, 0) is 21.4 Å². The highest BCUT2D eigenvalue weighted by atomic mass is 35.5. The maximum Gasteiger partial charge on any atom is 0.250 e. The molecule has 0 aromatic heterocycles. The number of aryl methyl sites for hydroxylation is 1. The molecule has 2 atom stereocenters. The van der Waals surface area contributed by atoms with E-state index in [9.17, 15) is 17.6 Å². The maximum atomic E-state index is 13.1. The number of sulfonamides is 1. The standard InChI is InChI=1S/C18H20ClFN4O3S/c1-11-2-6-14(7-3-11)24-28(26,27)18-15(10-22-23-18)17(25)21-9-12-4-5-13(20)8-16(12)19/h2-8,15,18,22-24H,9-10H2,1H3,(H,21,25). The van der Waals surface area contributed by atoms with Crippen molar-refractivity contribution in [3.8, 4) is 0 Å². The van der Waals surface area contributed by atoms with Gasteiger partial charge >= 0.3 is 0 Å². The SMILES string of the molecule is Cc1ccc(NS(=O)(=O)C2NNCC2C(=O)NCc2ccc(F)cc2Cl)cc1. The van der Waals surface area contributed by atoms with Crippen molar-refractivity contribution >= 4 is 33.2 Å². The van der Waals surface area contributed by atoms with Crippen molar-refractivity contribution in [2.75, 3.05) is 11.3 Å². The lowest BCUT2D eigenvalue weighted by molar-refractivity contribution is -0.124. The molecule has 1 aliphatic heterocycles. The van der Waals surface area contributed by atoms with E-state index in [0.717, 1.165) is 11.6 Å². The van der Waals surface area contributed by atoms with Crippen LogP contribution in [0, 0.1) is 18.7 Å². The lowest BCUT2D eigenvalue weighted by atomic mass is 10.1. The molecular formula is C18H20ClFN4O3S. The number of nitrogens with one attached hydrogen (secondary N) is 4. The number of anilines is 1. The van der Waals surface area contributed by atoms with Gasteiger partial charge in [-0.05, 0) is 36.8 Å². The zero-order valence-corrected chi connectivity index (χ0v) is 16.6. The van der Waals surface area contributed by atoms with E-state index in [-0.39, 0.29) is 18.1 Å². The Hall–Kier alpha value is -2.20. The molecule has 0 saturated carbocycles. The predicted octanol–water partition coefficient (Wildman–Crippen LogP) is 1.90. The van der Waals surface area contributed by atoms with Gasteiger partial charge in [-0.1, -0.05) is 35.4 Å². The molecule has 2 aromatic rings. The fourth-order valence-electron chi connectivity index (χ4n) is 2.83. The third-order valence-corrected chi connectivity index (χ3v) is 6.37. The number of halogens is 2. The van der Waals surface area contributed by atoms with Crippen LogP contribution in [-0.4, -0.2) is 26.2 Å². The van der Waals surface area contributed by atoms with E-state index in [4.69, 9.17) is 11.6 Å². The molecule has 1 amide bonds. The molecule has 2 aromatic carbocycles. The van der Waals surface area contributed by atoms with E-state index < -0.39 is 33.0 Å². The van der Waals surface area contributed by atoms with Crippen molar-refractivity contribution in [2.24, 2.45) is 5.92 Å². The van der Waals surface area contributed by atoms with Gasteiger partial charge in [0.1, 0.15) is 5.82 Å². The molecule has 7 nitrogen and oxygen atoms in total. The first-order valence-corrected chi connectivity index (χ1v) is 10.5. The number of benzene rings is 2. The molecule has 1 saturated heterocycles. The van der Waals surface area contributed by atoms with Gasteiger partial charge < -0.3 is 5.32 Å². The molecule has 28 heavy (non-hydrogen) atoms. The van der Waals surface area contributed by atoms with Gasteiger partial charge in [-0.2, -0.15) is 0 Å². The number of hydrogen-bond donors (Lipinski definition) is 4. The molecule has 10 heteroatoms. The van der Waals surface area contributed by atoms with Gasteiger partial charge in [0.15, 0.2) is 5.37 Å². The highest BCUT2D eigenvalue weighted by molar-refractivity contribution is 7.93. The number of carbonyl (C=O) groups excluding carboxylic acids is 1.